The topological polar surface area (TPSA) is 77.7 Å². The minimum atomic E-state index is -3.96. The van der Waals surface area contributed by atoms with Gasteiger partial charge in [-0.1, -0.05) is 24.6 Å². The number of fused-ring (bicyclic) bond motifs is 1. The lowest BCUT2D eigenvalue weighted by molar-refractivity contribution is 0.588. The summed E-state index contributed by atoms with van der Waals surface area (Å²) >= 11 is 5.98. The van der Waals surface area contributed by atoms with Gasteiger partial charge in [0.25, 0.3) is 10.0 Å². The molecule has 148 valence electrons. The van der Waals surface area contributed by atoms with E-state index in [2.05, 4.69) is 15.0 Å². The summed E-state index contributed by atoms with van der Waals surface area (Å²) in [6.45, 7) is 3.78. The smallest absolute Gasteiger partial charge is 0.234 e. The molecule has 0 saturated heterocycles. The summed E-state index contributed by atoms with van der Waals surface area (Å²) in [5.41, 5.74) is 2.67. The van der Waals surface area contributed by atoms with Gasteiger partial charge in [-0.15, -0.1) is 0 Å². The number of nitrogens with zero attached hydrogens (tertiary/aromatic N) is 4. The van der Waals surface area contributed by atoms with Gasteiger partial charge >= 0.3 is 0 Å². The van der Waals surface area contributed by atoms with Crippen LogP contribution in [0, 0.1) is 12.7 Å². The molecule has 0 aliphatic heterocycles. The van der Waals surface area contributed by atoms with Crippen LogP contribution in [-0.2, 0) is 16.4 Å². The highest BCUT2D eigenvalue weighted by Crippen LogP contribution is 2.33. The highest BCUT2D eigenvalue weighted by molar-refractivity contribution is 7.90. The summed E-state index contributed by atoms with van der Waals surface area (Å²) in [7, 11) is -3.96. The molecule has 1 aromatic carbocycles. The molecule has 0 aliphatic carbocycles. The van der Waals surface area contributed by atoms with Crippen LogP contribution in [0.15, 0.2) is 53.8 Å². The third-order valence-corrected chi connectivity index (χ3v) is 6.47. The summed E-state index contributed by atoms with van der Waals surface area (Å²) in [6, 6.07) is 7.73. The van der Waals surface area contributed by atoms with E-state index < -0.39 is 15.8 Å². The maximum absolute atomic E-state index is 14.0. The Morgan fingerprint density at radius 3 is 2.55 bits per heavy atom. The first-order chi connectivity index (χ1) is 13.8. The molecular weight excluding hydrogens is 415 g/mol. The Kier molecular flexibility index (Phi) is 4.84. The Morgan fingerprint density at radius 2 is 1.86 bits per heavy atom. The Morgan fingerprint density at radius 1 is 1.14 bits per heavy atom. The number of aromatic nitrogens is 4. The molecular formula is C20H16ClFN4O2S. The first-order valence-electron chi connectivity index (χ1n) is 8.82. The van der Waals surface area contributed by atoms with E-state index in [4.69, 9.17) is 11.6 Å². The number of hydrogen-bond donors (Lipinski definition) is 0. The molecule has 0 bridgehead atoms. The van der Waals surface area contributed by atoms with E-state index in [9.17, 15) is 12.8 Å². The molecule has 3 aromatic heterocycles. The minimum absolute atomic E-state index is 0.0175. The van der Waals surface area contributed by atoms with Crippen molar-refractivity contribution in [2.24, 2.45) is 0 Å². The summed E-state index contributed by atoms with van der Waals surface area (Å²) in [4.78, 5) is 12.4. The largest absolute Gasteiger partial charge is 0.269 e. The van der Waals surface area contributed by atoms with Crippen molar-refractivity contribution >= 4 is 32.7 Å². The molecule has 4 rings (SSSR count). The number of aryl methyl sites for hydroxylation is 2. The van der Waals surface area contributed by atoms with Crippen molar-refractivity contribution in [3.05, 3.63) is 71.2 Å². The maximum atomic E-state index is 14.0. The second-order valence-corrected chi connectivity index (χ2v) is 8.70. The Bertz CT molecular complexity index is 1330. The van der Waals surface area contributed by atoms with Gasteiger partial charge in [0.05, 0.1) is 16.8 Å². The van der Waals surface area contributed by atoms with Gasteiger partial charge in [0.1, 0.15) is 5.82 Å². The molecule has 0 radical (unpaired) electrons. The molecule has 0 amide bonds. The quantitative estimate of drug-likeness (QED) is 0.448. The number of hydrogen-bond acceptors (Lipinski definition) is 5. The van der Waals surface area contributed by atoms with Crippen LogP contribution in [0.4, 0.5) is 4.39 Å². The van der Waals surface area contributed by atoms with Crippen molar-refractivity contribution in [1.29, 1.82) is 0 Å². The molecule has 29 heavy (non-hydrogen) atoms. The molecule has 3 heterocycles. The van der Waals surface area contributed by atoms with Crippen LogP contribution in [0.3, 0.4) is 0 Å². The molecule has 0 fully saturated rings. The predicted molar refractivity (Wildman–Crippen MR) is 109 cm³/mol. The van der Waals surface area contributed by atoms with E-state index >= 15 is 0 Å². The zero-order valence-corrected chi connectivity index (χ0v) is 17.2. The van der Waals surface area contributed by atoms with Crippen LogP contribution in [0.2, 0.25) is 5.28 Å². The van der Waals surface area contributed by atoms with Crippen molar-refractivity contribution in [2.45, 2.75) is 25.2 Å². The lowest BCUT2D eigenvalue weighted by atomic mass is 10.1. The van der Waals surface area contributed by atoms with Crippen LogP contribution in [0.1, 0.15) is 18.1 Å². The molecule has 0 N–H and O–H groups in total. The third kappa shape index (κ3) is 3.38. The third-order valence-electron chi connectivity index (χ3n) is 4.63. The van der Waals surface area contributed by atoms with E-state index in [1.807, 2.05) is 13.8 Å². The number of pyridine rings is 1. The van der Waals surface area contributed by atoms with Gasteiger partial charge in [-0.2, -0.15) is 0 Å². The van der Waals surface area contributed by atoms with E-state index in [-0.39, 0.29) is 15.8 Å². The van der Waals surface area contributed by atoms with Crippen LogP contribution in [-0.4, -0.2) is 27.3 Å². The fourth-order valence-electron chi connectivity index (χ4n) is 3.13. The molecule has 0 saturated carbocycles. The van der Waals surface area contributed by atoms with E-state index in [1.54, 1.807) is 18.3 Å². The summed E-state index contributed by atoms with van der Waals surface area (Å²) < 4.78 is 41.6. The summed E-state index contributed by atoms with van der Waals surface area (Å²) in [5, 5.41) is 0.342. The maximum Gasteiger partial charge on any atom is 0.269 e. The first kappa shape index (κ1) is 19.5. The minimum Gasteiger partial charge on any atom is -0.234 e. The van der Waals surface area contributed by atoms with Crippen molar-refractivity contribution in [3.8, 4) is 11.3 Å². The highest BCUT2D eigenvalue weighted by atomic mass is 35.5. The number of halogens is 2. The van der Waals surface area contributed by atoms with Crippen LogP contribution in [0.25, 0.3) is 22.3 Å². The standard InChI is InChI=1S/C20H16ClFN4O2S/c1-3-13-9-24-20(21)25-18(13)17-11-26(19-16(17)8-14(22)10-23-19)29(27,28)15-6-4-12(2)5-7-15/h4-11H,3H2,1-2H3. The van der Waals surface area contributed by atoms with Gasteiger partial charge in [0.2, 0.25) is 5.28 Å². The number of rotatable bonds is 4. The van der Waals surface area contributed by atoms with Crippen molar-refractivity contribution in [3.63, 3.8) is 0 Å². The van der Waals surface area contributed by atoms with Gasteiger partial charge in [-0.05, 0) is 48.7 Å². The lowest BCUT2D eigenvalue weighted by Gasteiger charge is -2.07. The zero-order chi connectivity index (χ0) is 20.8. The van der Waals surface area contributed by atoms with Crippen LogP contribution >= 0.6 is 11.6 Å². The van der Waals surface area contributed by atoms with Gasteiger partial charge in [0.15, 0.2) is 5.65 Å². The molecule has 9 heteroatoms. The fourth-order valence-corrected chi connectivity index (χ4v) is 4.58. The molecule has 0 atom stereocenters. The second kappa shape index (κ2) is 7.20. The van der Waals surface area contributed by atoms with E-state index in [0.29, 0.717) is 23.1 Å². The van der Waals surface area contributed by atoms with Gasteiger partial charge in [0, 0.05) is 23.3 Å². The molecule has 0 aliphatic rings. The average molecular weight is 431 g/mol. The van der Waals surface area contributed by atoms with Gasteiger partial charge in [-0.25, -0.2) is 31.7 Å². The fraction of sp³-hybridized carbons (Fsp3) is 0.150. The number of benzene rings is 1. The highest BCUT2D eigenvalue weighted by Gasteiger charge is 2.24. The van der Waals surface area contributed by atoms with Crippen molar-refractivity contribution < 1.29 is 12.8 Å². The Labute approximate surface area is 172 Å². The molecule has 6 nitrogen and oxygen atoms in total. The van der Waals surface area contributed by atoms with Crippen molar-refractivity contribution in [1.82, 2.24) is 18.9 Å². The Hall–Kier alpha value is -2.84. The van der Waals surface area contributed by atoms with E-state index in [1.165, 1.54) is 24.4 Å². The van der Waals surface area contributed by atoms with Gasteiger partial charge in [-0.3, -0.25) is 0 Å². The van der Waals surface area contributed by atoms with Crippen LogP contribution < -0.4 is 0 Å². The van der Waals surface area contributed by atoms with Crippen LogP contribution in [0.5, 0.6) is 0 Å². The second-order valence-electron chi connectivity index (χ2n) is 6.55. The lowest BCUT2D eigenvalue weighted by Crippen LogP contribution is -2.12. The Balaban J connectivity index is 2.04. The molecule has 4 aromatic rings. The molecule has 0 unspecified atom stereocenters. The normalized spacial score (nSPS) is 11.9. The first-order valence-corrected chi connectivity index (χ1v) is 10.6. The molecule has 0 spiro atoms. The van der Waals surface area contributed by atoms with Crippen molar-refractivity contribution in [2.75, 3.05) is 0 Å². The zero-order valence-electron chi connectivity index (χ0n) is 15.6. The van der Waals surface area contributed by atoms with E-state index in [0.717, 1.165) is 21.3 Å². The van der Waals surface area contributed by atoms with Gasteiger partial charge < -0.3 is 0 Å². The summed E-state index contributed by atoms with van der Waals surface area (Å²) in [6.07, 6.45) is 4.56. The average Bonchev–Trinajstić information content (AvgIpc) is 3.07. The SMILES string of the molecule is CCc1cnc(Cl)nc1-c1cn(S(=O)(=O)c2ccc(C)cc2)c2ncc(F)cc12. The monoisotopic (exact) mass is 430 g/mol. The predicted octanol–water partition coefficient (Wildman–Crippen LogP) is 4.39. The summed E-state index contributed by atoms with van der Waals surface area (Å²) in [5.74, 6) is -0.581.